The van der Waals surface area contributed by atoms with Gasteiger partial charge >= 0.3 is 5.97 Å². The van der Waals surface area contributed by atoms with Crippen LogP contribution in [-0.2, 0) is 6.42 Å². The molecule has 0 aliphatic rings. The van der Waals surface area contributed by atoms with Crippen LogP contribution in [0.1, 0.15) is 21.6 Å². The lowest BCUT2D eigenvalue weighted by Crippen LogP contribution is -2.10. The quantitative estimate of drug-likeness (QED) is 0.556. The Morgan fingerprint density at radius 3 is 2.59 bits per heavy atom. The van der Waals surface area contributed by atoms with Crippen LogP contribution < -0.4 is 10.6 Å². The molecule has 0 atom stereocenters. The molecule has 27 heavy (non-hydrogen) atoms. The van der Waals surface area contributed by atoms with Crippen LogP contribution in [0, 0.1) is 6.92 Å². The molecule has 1 heterocycles. The molecule has 0 saturated carbocycles. The van der Waals surface area contributed by atoms with E-state index in [4.69, 9.17) is 11.6 Å². The molecule has 6 nitrogen and oxygen atoms in total. The minimum Gasteiger partial charge on any atom is -0.478 e. The number of benzene rings is 2. The van der Waals surface area contributed by atoms with Crippen molar-refractivity contribution in [3.63, 3.8) is 0 Å². The van der Waals surface area contributed by atoms with Crippen LogP contribution in [-0.4, -0.2) is 27.6 Å². The molecule has 0 saturated heterocycles. The van der Waals surface area contributed by atoms with Crippen molar-refractivity contribution in [1.82, 2.24) is 9.97 Å². The normalized spacial score (nSPS) is 10.4. The van der Waals surface area contributed by atoms with E-state index in [-0.39, 0.29) is 5.56 Å². The van der Waals surface area contributed by atoms with Crippen molar-refractivity contribution >= 4 is 35.0 Å². The summed E-state index contributed by atoms with van der Waals surface area (Å²) in [5.74, 6) is 0.0228. The summed E-state index contributed by atoms with van der Waals surface area (Å²) < 4.78 is 0. The summed E-state index contributed by atoms with van der Waals surface area (Å²) in [6, 6.07) is 16.2. The molecular formula is C20H19ClN4O2. The van der Waals surface area contributed by atoms with Crippen LogP contribution in [0.4, 0.5) is 17.5 Å². The molecule has 7 heteroatoms. The molecule has 3 aromatic rings. The number of hydrogen-bond acceptors (Lipinski definition) is 5. The molecule has 0 spiro atoms. The van der Waals surface area contributed by atoms with Gasteiger partial charge < -0.3 is 15.7 Å². The van der Waals surface area contributed by atoms with Gasteiger partial charge in [-0.3, -0.25) is 0 Å². The highest BCUT2D eigenvalue weighted by Crippen LogP contribution is 2.21. The molecule has 0 radical (unpaired) electrons. The van der Waals surface area contributed by atoms with Gasteiger partial charge in [0.25, 0.3) is 0 Å². The van der Waals surface area contributed by atoms with Crippen LogP contribution >= 0.6 is 11.6 Å². The van der Waals surface area contributed by atoms with Crippen LogP contribution in [0.25, 0.3) is 0 Å². The van der Waals surface area contributed by atoms with Crippen molar-refractivity contribution < 1.29 is 9.90 Å². The average Bonchev–Trinajstić information content (AvgIpc) is 2.63. The van der Waals surface area contributed by atoms with Crippen LogP contribution in [0.3, 0.4) is 0 Å². The second-order valence-electron chi connectivity index (χ2n) is 6.00. The molecule has 0 amide bonds. The van der Waals surface area contributed by atoms with Crippen molar-refractivity contribution in [2.24, 2.45) is 0 Å². The van der Waals surface area contributed by atoms with E-state index >= 15 is 0 Å². The Hall–Kier alpha value is -3.12. The van der Waals surface area contributed by atoms with Gasteiger partial charge in [-0.2, -0.15) is 4.98 Å². The zero-order valence-electron chi connectivity index (χ0n) is 14.7. The number of carboxylic acid groups (broad SMARTS) is 1. The van der Waals surface area contributed by atoms with Crippen molar-refractivity contribution in [3.8, 4) is 0 Å². The number of anilines is 3. The van der Waals surface area contributed by atoms with E-state index in [2.05, 4.69) is 20.6 Å². The number of hydrogen-bond donors (Lipinski definition) is 3. The van der Waals surface area contributed by atoms with Crippen LogP contribution in [0.15, 0.2) is 54.6 Å². The van der Waals surface area contributed by atoms with Gasteiger partial charge in [0.05, 0.1) is 11.3 Å². The van der Waals surface area contributed by atoms with Gasteiger partial charge in [-0.1, -0.05) is 35.9 Å². The number of rotatable bonds is 7. The van der Waals surface area contributed by atoms with Gasteiger partial charge in [-0.15, -0.1) is 0 Å². The third-order valence-corrected chi connectivity index (χ3v) is 4.14. The summed E-state index contributed by atoms with van der Waals surface area (Å²) in [6.07, 6.45) is 0.805. The molecule has 0 aliphatic heterocycles. The van der Waals surface area contributed by atoms with Gasteiger partial charge in [-0.05, 0) is 43.2 Å². The fourth-order valence-electron chi connectivity index (χ4n) is 2.60. The van der Waals surface area contributed by atoms with Crippen LogP contribution in [0.2, 0.25) is 5.02 Å². The predicted molar refractivity (Wildman–Crippen MR) is 107 cm³/mol. The first-order chi connectivity index (χ1) is 13.0. The Kier molecular flexibility index (Phi) is 5.88. The third-order valence-electron chi connectivity index (χ3n) is 3.88. The number of aryl methyl sites for hydroxylation is 1. The van der Waals surface area contributed by atoms with Crippen molar-refractivity contribution in [2.45, 2.75) is 13.3 Å². The molecule has 1 aromatic heterocycles. The van der Waals surface area contributed by atoms with E-state index in [0.717, 1.165) is 17.7 Å². The molecule has 0 fully saturated rings. The first kappa shape index (κ1) is 18.7. The second kappa shape index (κ2) is 8.51. The fraction of sp³-hybridized carbons (Fsp3) is 0.150. The van der Waals surface area contributed by atoms with Gasteiger partial charge in [0, 0.05) is 23.3 Å². The summed E-state index contributed by atoms with van der Waals surface area (Å²) in [5.41, 5.74) is 2.60. The smallest absolute Gasteiger partial charge is 0.337 e. The van der Waals surface area contributed by atoms with Crippen molar-refractivity contribution in [3.05, 3.63) is 76.4 Å². The van der Waals surface area contributed by atoms with E-state index in [0.29, 0.717) is 29.0 Å². The van der Waals surface area contributed by atoms with E-state index < -0.39 is 5.97 Å². The molecular weight excluding hydrogens is 364 g/mol. The molecule has 0 aliphatic carbocycles. The largest absolute Gasteiger partial charge is 0.478 e. The second-order valence-corrected chi connectivity index (χ2v) is 6.43. The molecule has 3 N–H and O–H groups in total. The SMILES string of the molecule is Cc1cc(Nc2ccccc2C(=O)O)nc(NCCc2ccc(Cl)cc2)n1. The van der Waals surface area contributed by atoms with Crippen LogP contribution in [0.5, 0.6) is 0 Å². The van der Waals surface area contributed by atoms with E-state index in [1.807, 2.05) is 31.2 Å². The summed E-state index contributed by atoms with van der Waals surface area (Å²) in [6.45, 7) is 2.52. The summed E-state index contributed by atoms with van der Waals surface area (Å²) in [5, 5.41) is 16.3. The highest BCUT2D eigenvalue weighted by Gasteiger charge is 2.10. The minimum atomic E-state index is -0.995. The fourth-order valence-corrected chi connectivity index (χ4v) is 2.72. The van der Waals surface area contributed by atoms with Gasteiger partial charge in [-0.25, -0.2) is 9.78 Å². The first-order valence-corrected chi connectivity index (χ1v) is 8.82. The third kappa shape index (κ3) is 5.18. The highest BCUT2D eigenvalue weighted by molar-refractivity contribution is 6.30. The Balaban J connectivity index is 1.69. The maximum Gasteiger partial charge on any atom is 0.337 e. The number of carboxylic acids is 1. The molecule has 0 unspecified atom stereocenters. The van der Waals surface area contributed by atoms with Crippen molar-refractivity contribution in [2.75, 3.05) is 17.2 Å². The van der Waals surface area contributed by atoms with Gasteiger partial charge in [0.15, 0.2) is 0 Å². The Morgan fingerprint density at radius 1 is 1.11 bits per heavy atom. The number of para-hydroxylation sites is 1. The lowest BCUT2D eigenvalue weighted by Gasteiger charge is -2.11. The standard InChI is InChI=1S/C20H19ClN4O2/c1-13-12-18(24-17-5-3-2-4-16(17)19(26)27)25-20(23-13)22-11-10-14-6-8-15(21)9-7-14/h2-9,12H,10-11H2,1H3,(H,26,27)(H2,22,23,24,25). The lowest BCUT2D eigenvalue weighted by atomic mass is 10.1. The summed E-state index contributed by atoms with van der Waals surface area (Å²) in [4.78, 5) is 20.2. The number of halogens is 1. The summed E-state index contributed by atoms with van der Waals surface area (Å²) in [7, 11) is 0. The Morgan fingerprint density at radius 2 is 1.85 bits per heavy atom. The number of aromatic carboxylic acids is 1. The zero-order chi connectivity index (χ0) is 19.2. The van der Waals surface area contributed by atoms with E-state index in [1.54, 1.807) is 30.3 Å². The number of carbonyl (C=O) groups is 1. The van der Waals surface area contributed by atoms with Gasteiger partial charge in [0.1, 0.15) is 5.82 Å². The minimum absolute atomic E-state index is 0.186. The monoisotopic (exact) mass is 382 g/mol. The molecule has 138 valence electrons. The van der Waals surface area contributed by atoms with E-state index in [9.17, 15) is 9.90 Å². The predicted octanol–water partition coefficient (Wildman–Crippen LogP) is 4.53. The first-order valence-electron chi connectivity index (χ1n) is 8.44. The highest BCUT2D eigenvalue weighted by atomic mass is 35.5. The molecule has 2 aromatic carbocycles. The number of nitrogens with zero attached hydrogens (tertiary/aromatic N) is 2. The Bertz CT molecular complexity index is 945. The average molecular weight is 383 g/mol. The zero-order valence-corrected chi connectivity index (χ0v) is 15.5. The lowest BCUT2D eigenvalue weighted by molar-refractivity contribution is 0.0698. The maximum absolute atomic E-state index is 11.3. The number of aromatic nitrogens is 2. The van der Waals surface area contributed by atoms with E-state index in [1.165, 1.54) is 0 Å². The maximum atomic E-state index is 11.3. The van der Waals surface area contributed by atoms with Crippen molar-refractivity contribution in [1.29, 1.82) is 0 Å². The topological polar surface area (TPSA) is 87.1 Å². The van der Waals surface area contributed by atoms with Gasteiger partial charge in [0.2, 0.25) is 5.95 Å². The molecule has 0 bridgehead atoms. The molecule has 3 rings (SSSR count). The number of nitrogens with one attached hydrogen (secondary N) is 2. The summed E-state index contributed by atoms with van der Waals surface area (Å²) >= 11 is 5.89. The Labute approximate surface area is 162 Å².